The van der Waals surface area contributed by atoms with Crippen LogP contribution in [-0.4, -0.2) is 39.9 Å². The number of rotatable bonds is 5. The van der Waals surface area contributed by atoms with Crippen LogP contribution in [0.5, 0.6) is 0 Å². The SMILES string of the molecule is CC(C)CNCc1cncn1C1CCC(=O)N(C)C1=O. The van der Waals surface area contributed by atoms with Crippen LogP contribution in [0.15, 0.2) is 12.5 Å². The molecule has 0 spiro atoms. The quantitative estimate of drug-likeness (QED) is 0.814. The molecular formula is C14H22N4O2. The average molecular weight is 278 g/mol. The maximum atomic E-state index is 12.2. The number of hydrogen-bond acceptors (Lipinski definition) is 4. The Morgan fingerprint density at radius 1 is 1.45 bits per heavy atom. The first kappa shape index (κ1) is 14.7. The van der Waals surface area contributed by atoms with Crippen LogP contribution in [0.2, 0.25) is 0 Å². The molecule has 2 amide bonds. The molecule has 6 heteroatoms. The van der Waals surface area contributed by atoms with E-state index in [2.05, 4.69) is 24.1 Å². The minimum Gasteiger partial charge on any atom is -0.321 e. The Bertz CT molecular complexity index is 495. The lowest BCUT2D eigenvalue weighted by Crippen LogP contribution is -2.43. The first-order valence-corrected chi connectivity index (χ1v) is 7.02. The fraction of sp³-hybridized carbons (Fsp3) is 0.643. The van der Waals surface area contributed by atoms with Gasteiger partial charge in [-0.05, 0) is 18.9 Å². The van der Waals surface area contributed by atoms with Gasteiger partial charge in [0.1, 0.15) is 6.04 Å². The van der Waals surface area contributed by atoms with Crippen LogP contribution >= 0.6 is 0 Å². The van der Waals surface area contributed by atoms with Crippen molar-refractivity contribution in [2.45, 2.75) is 39.3 Å². The number of aromatic nitrogens is 2. The summed E-state index contributed by atoms with van der Waals surface area (Å²) in [6.45, 7) is 5.90. The van der Waals surface area contributed by atoms with Crippen molar-refractivity contribution in [3.8, 4) is 0 Å². The highest BCUT2D eigenvalue weighted by Gasteiger charge is 2.33. The van der Waals surface area contributed by atoms with E-state index in [1.807, 2.05) is 4.57 Å². The van der Waals surface area contributed by atoms with Crippen molar-refractivity contribution < 1.29 is 9.59 Å². The Kier molecular flexibility index (Phi) is 4.54. The van der Waals surface area contributed by atoms with Gasteiger partial charge in [-0.3, -0.25) is 14.5 Å². The van der Waals surface area contributed by atoms with Crippen molar-refractivity contribution in [1.29, 1.82) is 0 Å². The van der Waals surface area contributed by atoms with Gasteiger partial charge in [-0.2, -0.15) is 0 Å². The molecule has 2 rings (SSSR count). The molecule has 1 unspecified atom stereocenters. The van der Waals surface area contributed by atoms with E-state index in [0.717, 1.165) is 12.2 Å². The molecule has 1 aliphatic rings. The summed E-state index contributed by atoms with van der Waals surface area (Å²) in [4.78, 5) is 29.1. The lowest BCUT2D eigenvalue weighted by Gasteiger charge is -2.29. The van der Waals surface area contributed by atoms with Crippen molar-refractivity contribution >= 4 is 11.8 Å². The molecule has 0 aliphatic carbocycles. The molecule has 2 heterocycles. The number of piperidine rings is 1. The van der Waals surface area contributed by atoms with Crippen LogP contribution in [-0.2, 0) is 16.1 Å². The zero-order chi connectivity index (χ0) is 14.7. The highest BCUT2D eigenvalue weighted by molar-refractivity contribution is 5.99. The van der Waals surface area contributed by atoms with Gasteiger partial charge >= 0.3 is 0 Å². The number of likely N-dealkylation sites (N-methyl/N-ethyl adjacent to an activating group) is 1. The second kappa shape index (κ2) is 6.17. The van der Waals surface area contributed by atoms with Crippen molar-refractivity contribution in [1.82, 2.24) is 19.8 Å². The summed E-state index contributed by atoms with van der Waals surface area (Å²) in [5, 5.41) is 3.35. The number of nitrogens with one attached hydrogen (secondary N) is 1. The fourth-order valence-electron chi connectivity index (χ4n) is 2.39. The number of carbonyl (C=O) groups excluding carboxylic acids is 2. The Balaban J connectivity index is 2.07. The van der Waals surface area contributed by atoms with Crippen LogP contribution in [0.1, 0.15) is 38.4 Å². The second-order valence-corrected chi connectivity index (χ2v) is 5.66. The van der Waals surface area contributed by atoms with E-state index in [1.165, 1.54) is 4.90 Å². The molecule has 1 fully saturated rings. The van der Waals surface area contributed by atoms with Gasteiger partial charge in [0.25, 0.3) is 5.91 Å². The van der Waals surface area contributed by atoms with E-state index in [9.17, 15) is 9.59 Å². The average Bonchev–Trinajstić information content (AvgIpc) is 2.84. The van der Waals surface area contributed by atoms with Gasteiger partial charge in [0, 0.05) is 26.2 Å². The Hall–Kier alpha value is -1.69. The summed E-state index contributed by atoms with van der Waals surface area (Å²) < 4.78 is 1.89. The van der Waals surface area contributed by atoms with Crippen LogP contribution in [0.25, 0.3) is 0 Å². The minimum atomic E-state index is -0.309. The molecule has 110 valence electrons. The largest absolute Gasteiger partial charge is 0.321 e. The molecule has 6 nitrogen and oxygen atoms in total. The van der Waals surface area contributed by atoms with Gasteiger partial charge in [0.2, 0.25) is 5.91 Å². The smallest absolute Gasteiger partial charge is 0.252 e. The molecule has 1 aliphatic heterocycles. The number of imidazole rings is 1. The molecule has 1 saturated heterocycles. The molecule has 1 N–H and O–H groups in total. The summed E-state index contributed by atoms with van der Waals surface area (Å²) in [6.07, 6.45) is 4.41. The van der Waals surface area contributed by atoms with Crippen molar-refractivity contribution in [3.63, 3.8) is 0 Å². The lowest BCUT2D eigenvalue weighted by molar-refractivity contribution is -0.149. The number of nitrogens with zero attached hydrogens (tertiary/aromatic N) is 3. The number of hydrogen-bond donors (Lipinski definition) is 1. The maximum absolute atomic E-state index is 12.2. The highest BCUT2D eigenvalue weighted by Crippen LogP contribution is 2.24. The molecule has 1 aromatic rings. The molecule has 1 atom stereocenters. The van der Waals surface area contributed by atoms with Gasteiger partial charge in [0.05, 0.1) is 12.0 Å². The third-order valence-corrected chi connectivity index (χ3v) is 3.56. The zero-order valence-corrected chi connectivity index (χ0v) is 12.3. The number of likely N-dealkylation sites (tertiary alicyclic amines) is 1. The minimum absolute atomic E-state index is 0.106. The molecule has 0 bridgehead atoms. The van der Waals surface area contributed by atoms with E-state index < -0.39 is 0 Å². The maximum Gasteiger partial charge on any atom is 0.252 e. The van der Waals surface area contributed by atoms with Crippen molar-refractivity contribution in [2.24, 2.45) is 5.92 Å². The summed E-state index contributed by atoms with van der Waals surface area (Å²) in [7, 11) is 1.55. The zero-order valence-electron chi connectivity index (χ0n) is 12.3. The van der Waals surface area contributed by atoms with Gasteiger partial charge in [0.15, 0.2) is 0 Å². The molecule has 1 aromatic heterocycles. The second-order valence-electron chi connectivity index (χ2n) is 5.66. The van der Waals surface area contributed by atoms with E-state index >= 15 is 0 Å². The standard InChI is InChI=1S/C14H22N4O2/c1-10(2)6-15-7-11-8-16-9-18(11)12-4-5-13(19)17(3)14(12)20/h8-10,12,15H,4-7H2,1-3H3. The molecule has 0 saturated carbocycles. The Labute approximate surface area is 119 Å². The summed E-state index contributed by atoms with van der Waals surface area (Å²) >= 11 is 0. The van der Waals surface area contributed by atoms with Crippen LogP contribution in [0, 0.1) is 5.92 Å². The normalized spacial score (nSPS) is 20.0. The summed E-state index contributed by atoms with van der Waals surface area (Å²) in [5.74, 6) is 0.321. The third-order valence-electron chi connectivity index (χ3n) is 3.56. The first-order valence-electron chi connectivity index (χ1n) is 7.02. The van der Waals surface area contributed by atoms with Gasteiger partial charge in [-0.25, -0.2) is 4.98 Å². The lowest BCUT2D eigenvalue weighted by atomic mass is 10.0. The van der Waals surface area contributed by atoms with Crippen molar-refractivity contribution in [2.75, 3.05) is 13.6 Å². The molecule has 0 aromatic carbocycles. The monoisotopic (exact) mass is 278 g/mol. The van der Waals surface area contributed by atoms with Crippen LogP contribution in [0.4, 0.5) is 0 Å². The Morgan fingerprint density at radius 2 is 2.20 bits per heavy atom. The molecule has 0 radical (unpaired) electrons. The summed E-state index contributed by atoms with van der Waals surface area (Å²) in [5.41, 5.74) is 0.978. The topological polar surface area (TPSA) is 67.2 Å². The van der Waals surface area contributed by atoms with Crippen LogP contribution < -0.4 is 5.32 Å². The number of imide groups is 1. The van der Waals surface area contributed by atoms with Gasteiger partial charge in [-0.1, -0.05) is 13.8 Å². The number of amides is 2. The Morgan fingerprint density at radius 3 is 2.90 bits per heavy atom. The van der Waals surface area contributed by atoms with E-state index in [1.54, 1.807) is 19.6 Å². The first-order chi connectivity index (χ1) is 9.50. The molecule has 20 heavy (non-hydrogen) atoms. The fourth-order valence-corrected chi connectivity index (χ4v) is 2.39. The van der Waals surface area contributed by atoms with E-state index in [-0.39, 0.29) is 17.9 Å². The van der Waals surface area contributed by atoms with Gasteiger partial charge in [-0.15, -0.1) is 0 Å². The van der Waals surface area contributed by atoms with E-state index in [4.69, 9.17) is 0 Å². The summed E-state index contributed by atoms with van der Waals surface area (Å²) in [6, 6.07) is -0.309. The highest BCUT2D eigenvalue weighted by atomic mass is 16.2. The predicted octanol–water partition coefficient (Wildman–Crippen LogP) is 0.949. The van der Waals surface area contributed by atoms with E-state index in [0.29, 0.717) is 25.3 Å². The number of carbonyl (C=O) groups is 2. The third kappa shape index (κ3) is 3.07. The van der Waals surface area contributed by atoms with Gasteiger partial charge < -0.3 is 9.88 Å². The molecular weight excluding hydrogens is 256 g/mol. The van der Waals surface area contributed by atoms with Crippen LogP contribution in [0.3, 0.4) is 0 Å². The predicted molar refractivity (Wildman–Crippen MR) is 74.8 cm³/mol. The van der Waals surface area contributed by atoms with Crippen molar-refractivity contribution in [3.05, 3.63) is 18.2 Å².